The number of hydrogen-bond donors (Lipinski definition) is 2. The van der Waals surface area contributed by atoms with E-state index >= 15 is 0 Å². The van der Waals surface area contributed by atoms with Gasteiger partial charge in [0.2, 0.25) is 0 Å². The topological polar surface area (TPSA) is 96.8 Å². The van der Waals surface area contributed by atoms with Crippen LogP contribution in [0, 0.1) is 12.7 Å². The van der Waals surface area contributed by atoms with Crippen LogP contribution < -0.4 is 10.9 Å². The largest absolute Gasteiger partial charge is 0.358 e. The highest BCUT2D eigenvalue weighted by Gasteiger charge is 2.20. The lowest BCUT2D eigenvalue weighted by atomic mass is 10.1. The van der Waals surface area contributed by atoms with E-state index in [0.717, 1.165) is 28.4 Å². The van der Waals surface area contributed by atoms with Gasteiger partial charge in [-0.15, -0.1) is 0 Å². The number of fused-ring (bicyclic) bond motifs is 2. The van der Waals surface area contributed by atoms with E-state index in [0.29, 0.717) is 22.3 Å². The van der Waals surface area contributed by atoms with Crippen molar-refractivity contribution in [2.24, 2.45) is 0 Å². The van der Waals surface area contributed by atoms with E-state index in [9.17, 15) is 18.8 Å². The number of hydrogen-bond acceptors (Lipinski definition) is 5. The highest BCUT2D eigenvalue weighted by atomic mass is 32.2. The summed E-state index contributed by atoms with van der Waals surface area (Å²) in [6.45, 7) is 5.56. The molecule has 0 spiro atoms. The summed E-state index contributed by atoms with van der Waals surface area (Å²) in [5.41, 5.74) is 2.76. The molecule has 2 N–H and O–H groups in total. The van der Waals surface area contributed by atoms with Crippen molar-refractivity contribution in [1.82, 2.24) is 19.9 Å². The summed E-state index contributed by atoms with van der Waals surface area (Å²) in [5.74, 6) is -0.910. The van der Waals surface area contributed by atoms with E-state index in [-0.39, 0.29) is 34.0 Å². The van der Waals surface area contributed by atoms with Gasteiger partial charge in [0.25, 0.3) is 11.5 Å². The second-order valence-electron chi connectivity index (χ2n) is 9.26. The minimum atomic E-state index is -0.503. The van der Waals surface area contributed by atoms with Gasteiger partial charge in [-0.3, -0.25) is 19.0 Å². The molecule has 3 aromatic carbocycles. The summed E-state index contributed by atoms with van der Waals surface area (Å²) in [6.07, 6.45) is 0. The highest BCUT2D eigenvalue weighted by Crippen LogP contribution is 2.27. The molecule has 0 aliphatic heterocycles. The van der Waals surface area contributed by atoms with Crippen molar-refractivity contribution in [3.8, 4) is 5.69 Å². The molecule has 2 heterocycles. The van der Waals surface area contributed by atoms with Crippen molar-refractivity contribution in [1.29, 1.82) is 0 Å². The zero-order chi connectivity index (χ0) is 27.0. The Morgan fingerprint density at radius 2 is 1.84 bits per heavy atom. The van der Waals surface area contributed by atoms with E-state index in [4.69, 9.17) is 0 Å². The summed E-state index contributed by atoms with van der Waals surface area (Å²) in [4.78, 5) is 47.4. The molecule has 0 unspecified atom stereocenters. The van der Waals surface area contributed by atoms with Gasteiger partial charge in [0, 0.05) is 33.8 Å². The average molecular weight is 529 g/mol. The fourth-order valence-electron chi connectivity index (χ4n) is 4.43. The third kappa shape index (κ3) is 4.84. The number of H-pyrrole nitrogens is 1. The van der Waals surface area contributed by atoms with Crippen molar-refractivity contribution >= 4 is 45.3 Å². The van der Waals surface area contributed by atoms with Crippen LogP contribution in [0.2, 0.25) is 0 Å². The van der Waals surface area contributed by atoms with E-state index in [1.54, 1.807) is 24.3 Å². The van der Waals surface area contributed by atoms with Gasteiger partial charge in [-0.2, -0.15) is 0 Å². The van der Waals surface area contributed by atoms with Crippen LogP contribution in [0.3, 0.4) is 0 Å². The van der Waals surface area contributed by atoms with Gasteiger partial charge in [0.15, 0.2) is 10.9 Å². The number of para-hydroxylation sites is 1. The number of benzene rings is 3. The number of aryl methyl sites for hydroxylation is 1. The first-order valence-electron chi connectivity index (χ1n) is 12.1. The molecule has 0 saturated heterocycles. The Morgan fingerprint density at radius 1 is 1.05 bits per heavy atom. The van der Waals surface area contributed by atoms with Gasteiger partial charge in [-0.05, 0) is 63.2 Å². The molecule has 38 heavy (non-hydrogen) atoms. The number of Topliss-reactive ketones (excluding diaryl/α,β-unsaturated/α-hetero) is 1. The standard InChI is InChI=1S/C29H25FN4O3S/c1-16(2)31-27(36)18-11-12-22-24(13-18)33-29(34(28(22)37)20-8-6-7-19(30)14-20)38-15-25(35)26-17(3)32-23-10-5-4-9-21(23)26/h4-14,16,32H,15H2,1-3H3,(H,31,36). The SMILES string of the molecule is Cc1[nH]c2ccccc2c1C(=O)CSc1nc2cc(C(=O)NC(C)C)ccc2c(=O)n1-c1cccc(F)c1. The summed E-state index contributed by atoms with van der Waals surface area (Å²) in [5, 5.41) is 4.15. The van der Waals surface area contributed by atoms with Gasteiger partial charge in [0.1, 0.15) is 5.82 Å². The predicted octanol–water partition coefficient (Wildman–Crippen LogP) is 5.43. The first kappa shape index (κ1) is 25.4. The fourth-order valence-corrected chi connectivity index (χ4v) is 5.31. The molecule has 0 fully saturated rings. The Hall–Kier alpha value is -4.24. The Kier molecular flexibility index (Phi) is 6.86. The number of carbonyl (C=O) groups excluding carboxylic acids is 2. The van der Waals surface area contributed by atoms with Crippen molar-refractivity contribution in [3.63, 3.8) is 0 Å². The Morgan fingerprint density at radius 3 is 2.61 bits per heavy atom. The molecule has 0 aliphatic rings. The number of nitrogens with zero attached hydrogens (tertiary/aromatic N) is 2. The maximum Gasteiger partial charge on any atom is 0.266 e. The van der Waals surface area contributed by atoms with Crippen LogP contribution in [-0.4, -0.2) is 38.0 Å². The molecule has 0 bridgehead atoms. The molecule has 0 aliphatic carbocycles. The first-order chi connectivity index (χ1) is 18.2. The number of rotatable bonds is 7. The summed E-state index contributed by atoms with van der Waals surface area (Å²) < 4.78 is 15.4. The van der Waals surface area contributed by atoms with Gasteiger partial charge >= 0.3 is 0 Å². The number of halogens is 1. The third-order valence-corrected chi connectivity index (χ3v) is 7.03. The molecule has 5 rings (SSSR count). The molecule has 0 atom stereocenters. The monoisotopic (exact) mass is 528 g/mol. The molecule has 5 aromatic rings. The maximum absolute atomic E-state index is 14.1. The van der Waals surface area contributed by atoms with E-state index < -0.39 is 11.4 Å². The molecule has 192 valence electrons. The van der Waals surface area contributed by atoms with Gasteiger partial charge < -0.3 is 10.3 Å². The van der Waals surface area contributed by atoms with Gasteiger partial charge in [-0.25, -0.2) is 9.37 Å². The molecular weight excluding hydrogens is 503 g/mol. The molecule has 2 aromatic heterocycles. The van der Waals surface area contributed by atoms with E-state index in [1.807, 2.05) is 45.0 Å². The predicted molar refractivity (Wildman–Crippen MR) is 148 cm³/mol. The smallest absolute Gasteiger partial charge is 0.266 e. The minimum absolute atomic E-state index is 0.00345. The van der Waals surface area contributed by atoms with Crippen molar-refractivity contribution < 1.29 is 14.0 Å². The van der Waals surface area contributed by atoms with Crippen LogP contribution >= 0.6 is 11.8 Å². The number of carbonyl (C=O) groups is 2. The lowest BCUT2D eigenvalue weighted by molar-refractivity contribution is 0.0942. The van der Waals surface area contributed by atoms with Crippen molar-refractivity contribution in [3.05, 3.63) is 99.7 Å². The van der Waals surface area contributed by atoms with E-state index in [1.165, 1.54) is 22.8 Å². The summed E-state index contributed by atoms with van der Waals surface area (Å²) in [7, 11) is 0. The number of thioether (sulfide) groups is 1. The molecule has 0 saturated carbocycles. The lowest BCUT2D eigenvalue weighted by Gasteiger charge is -2.14. The summed E-state index contributed by atoms with van der Waals surface area (Å²) in [6, 6.07) is 17.8. The molecular formula is C29H25FN4O3S. The lowest BCUT2D eigenvalue weighted by Crippen LogP contribution is -2.30. The van der Waals surface area contributed by atoms with Crippen LogP contribution in [0.25, 0.3) is 27.5 Å². The van der Waals surface area contributed by atoms with Crippen molar-refractivity contribution in [2.75, 3.05) is 5.75 Å². The van der Waals surface area contributed by atoms with E-state index in [2.05, 4.69) is 15.3 Å². The number of aromatic nitrogens is 3. The Balaban J connectivity index is 1.59. The molecule has 9 heteroatoms. The van der Waals surface area contributed by atoms with Crippen LogP contribution in [0.1, 0.15) is 40.3 Å². The van der Waals surface area contributed by atoms with Crippen molar-refractivity contribution in [2.45, 2.75) is 32.0 Å². The Bertz CT molecular complexity index is 1770. The van der Waals surface area contributed by atoms with Crippen LogP contribution in [0.4, 0.5) is 4.39 Å². The highest BCUT2D eigenvalue weighted by molar-refractivity contribution is 7.99. The number of amides is 1. The fraction of sp³-hybridized carbons (Fsp3) is 0.172. The molecule has 7 nitrogen and oxygen atoms in total. The average Bonchev–Trinajstić information content (AvgIpc) is 3.22. The Labute approximate surface area is 222 Å². The van der Waals surface area contributed by atoms with Crippen LogP contribution in [-0.2, 0) is 0 Å². The van der Waals surface area contributed by atoms with Crippen LogP contribution in [0.15, 0.2) is 76.7 Å². The van der Waals surface area contributed by atoms with Gasteiger partial charge in [0.05, 0.1) is 22.3 Å². The van der Waals surface area contributed by atoms with Gasteiger partial charge in [-0.1, -0.05) is 36.0 Å². The molecule has 0 radical (unpaired) electrons. The molecule has 1 amide bonds. The number of ketones is 1. The minimum Gasteiger partial charge on any atom is -0.358 e. The number of aromatic amines is 1. The number of nitrogens with one attached hydrogen (secondary N) is 2. The van der Waals surface area contributed by atoms with Crippen LogP contribution in [0.5, 0.6) is 0 Å². The first-order valence-corrected chi connectivity index (χ1v) is 13.1. The zero-order valence-corrected chi connectivity index (χ0v) is 21.9. The zero-order valence-electron chi connectivity index (χ0n) is 21.0. The quantitative estimate of drug-likeness (QED) is 0.167. The second kappa shape index (κ2) is 10.3. The third-order valence-electron chi connectivity index (χ3n) is 6.09. The second-order valence-corrected chi connectivity index (χ2v) is 10.2. The maximum atomic E-state index is 14.1. The summed E-state index contributed by atoms with van der Waals surface area (Å²) >= 11 is 1.09. The normalized spacial score (nSPS) is 11.4.